The lowest BCUT2D eigenvalue weighted by Gasteiger charge is -2.39. The molecule has 18 heteroatoms. The molecular formula is C49H55ClN10O6S. The maximum atomic E-state index is 14.3. The number of likely N-dealkylation sites (tertiary alicyclic amines) is 1. The Balaban J connectivity index is 0.885. The Labute approximate surface area is 394 Å². The van der Waals surface area contributed by atoms with Gasteiger partial charge < -0.3 is 19.9 Å². The number of allylic oxidation sites excluding steroid dienone is 1. The molecule has 350 valence electrons. The molecule has 67 heavy (non-hydrogen) atoms. The fourth-order valence-corrected chi connectivity index (χ4v) is 11.4. The maximum absolute atomic E-state index is 14.3. The molecule has 2 atom stereocenters. The number of nitrogens with zero attached hydrogens (tertiary/aromatic N) is 7. The van der Waals surface area contributed by atoms with Crippen LogP contribution in [0.15, 0.2) is 95.7 Å². The van der Waals surface area contributed by atoms with Gasteiger partial charge in [0.15, 0.2) is 0 Å². The second-order valence-corrected chi connectivity index (χ2v) is 21.3. The summed E-state index contributed by atoms with van der Waals surface area (Å²) in [5.41, 5.74) is 7.32. The van der Waals surface area contributed by atoms with Crippen molar-refractivity contribution >= 4 is 72.2 Å². The van der Waals surface area contributed by atoms with E-state index in [-0.39, 0.29) is 22.6 Å². The summed E-state index contributed by atoms with van der Waals surface area (Å²) >= 11 is 6.27. The van der Waals surface area contributed by atoms with Crippen molar-refractivity contribution in [3.8, 4) is 5.69 Å². The van der Waals surface area contributed by atoms with Gasteiger partial charge in [-0.2, -0.15) is 5.10 Å². The van der Waals surface area contributed by atoms with Gasteiger partial charge in [0.1, 0.15) is 16.9 Å². The number of nitro benzene ring substituents is 1. The third-order valence-corrected chi connectivity index (χ3v) is 15.7. The summed E-state index contributed by atoms with van der Waals surface area (Å²) in [6.07, 6.45) is 8.56. The van der Waals surface area contributed by atoms with Crippen molar-refractivity contribution in [2.45, 2.75) is 56.9 Å². The zero-order valence-electron chi connectivity index (χ0n) is 37.7. The number of anilines is 2. The van der Waals surface area contributed by atoms with Crippen molar-refractivity contribution in [2.75, 3.05) is 75.8 Å². The number of rotatable bonds is 13. The maximum Gasteiger partial charge on any atom is 0.293 e. The SMILES string of the molecule is CC1(C)CCC(CN2CCN(c3ccc(C(=O)NS(=O)(=O)c4ccc(NCC5CCN(C6CCOC6)C5)c([N+](=O)[O-])c4)c(-n4ncc5nc6[nH]ccc6cc54)c3)CC2)=C(c2ccc(Cl)cc2)C1. The Bertz CT molecular complexity index is 2990. The molecule has 3 N–H and O–H groups in total. The first-order valence-corrected chi connectivity index (χ1v) is 24.9. The largest absolute Gasteiger partial charge is 0.380 e. The number of aromatic amines is 1. The molecular weight excluding hydrogens is 892 g/mol. The number of pyridine rings is 1. The van der Waals surface area contributed by atoms with E-state index in [0.717, 1.165) is 113 Å². The predicted octanol–water partition coefficient (Wildman–Crippen LogP) is 7.89. The van der Waals surface area contributed by atoms with E-state index >= 15 is 0 Å². The molecule has 2 unspecified atom stereocenters. The number of ether oxygens (including phenoxy) is 1. The molecule has 3 aromatic heterocycles. The first-order valence-electron chi connectivity index (χ1n) is 23.1. The lowest BCUT2D eigenvalue weighted by Crippen LogP contribution is -2.47. The van der Waals surface area contributed by atoms with Crippen molar-refractivity contribution in [3.05, 3.63) is 117 Å². The van der Waals surface area contributed by atoms with E-state index in [1.54, 1.807) is 23.1 Å². The molecule has 3 fully saturated rings. The number of sulfonamides is 1. The molecule has 16 nitrogen and oxygen atoms in total. The normalized spacial score (nSPS) is 20.6. The molecule has 0 bridgehead atoms. The Morgan fingerprint density at radius 1 is 1.01 bits per heavy atom. The number of nitro groups is 1. The second-order valence-electron chi connectivity index (χ2n) is 19.2. The topological polar surface area (TPSA) is 184 Å². The average Bonchev–Trinajstić information content (AvgIpc) is 4.17. The zero-order chi connectivity index (χ0) is 46.5. The van der Waals surface area contributed by atoms with Gasteiger partial charge in [-0.3, -0.25) is 24.7 Å². The lowest BCUT2D eigenvalue weighted by atomic mass is 9.72. The van der Waals surface area contributed by atoms with Crippen LogP contribution in [0, 0.1) is 21.4 Å². The summed E-state index contributed by atoms with van der Waals surface area (Å²) in [5.74, 6) is -0.633. The number of hydrogen-bond acceptors (Lipinski definition) is 12. The van der Waals surface area contributed by atoms with Crippen LogP contribution in [-0.4, -0.2) is 120 Å². The number of carbonyl (C=O) groups excluding carboxylic acids is 1. The van der Waals surface area contributed by atoms with Gasteiger partial charge in [0, 0.05) is 86.8 Å². The van der Waals surface area contributed by atoms with E-state index in [1.165, 1.54) is 28.8 Å². The van der Waals surface area contributed by atoms with Crippen LogP contribution in [0.2, 0.25) is 5.02 Å². The minimum absolute atomic E-state index is 0.0505. The summed E-state index contributed by atoms with van der Waals surface area (Å²) in [6, 6.07) is 21.4. The van der Waals surface area contributed by atoms with E-state index in [4.69, 9.17) is 21.3 Å². The summed E-state index contributed by atoms with van der Waals surface area (Å²) in [7, 11) is -4.58. The van der Waals surface area contributed by atoms with Gasteiger partial charge in [0.2, 0.25) is 0 Å². The number of halogens is 1. The Hall–Kier alpha value is -5.85. The number of carbonyl (C=O) groups is 1. The van der Waals surface area contributed by atoms with E-state index < -0.39 is 31.4 Å². The summed E-state index contributed by atoms with van der Waals surface area (Å²) < 4.78 is 37.3. The number of fused-ring (bicyclic) bond motifs is 2. The van der Waals surface area contributed by atoms with Crippen LogP contribution in [-0.2, 0) is 14.8 Å². The smallest absolute Gasteiger partial charge is 0.293 e. The molecule has 3 aliphatic heterocycles. The third-order valence-electron chi connectivity index (χ3n) is 14.1. The van der Waals surface area contributed by atoms with Crippen LogP contribution >= 0.6 is 11.6 Å². The van der Waals surface area contributed by atoms with Crippen LogP contribution in [0.4, 0.5) is 17.1 Å². The summed E-state index contributed by atoms with van der Waals surface area (Å²) in [6.45, 7) is 12.5. The number of H-pyrrole nitrogens is 1. The van der Waals surface area contributed by atoms with Crippen LogP contribution < -0.4 is 14.9 Å². The highest BCUT2D eigenvalue weighted by Crippen LogP contribution is 2.43. The first kappa shape index (κ1) is 45.0. The van der Waals surface area contributed by atoms with E-state index in [9.17, 15) is 23.3 Å². The fourth-order valence-electron chi connectivity index (χ4n) is 10.2. The molecule has 1 aliphatic carbocycles. The Morgan fingerprint density at radius 3 is 2.61 bits per heavy atom. The lowest BCUT2D eigenvalue weighted by molar-refractivity contribution is -0.384. The second kappa shape index (κ2) is 18.3. The number of piperazine rings is 1. The van der Waals surface area contributed by atoms with E-state index in [2.05, 4.69) is 60.8 Å². The van der Waals surface area contributed by atoms with Gasteiger partial charge in [-0.15, -0.1) is 0 Å². The van der Waals surface area contributed by atoms with Crippen LogP contribution in [0.1, 0.15) is 61.9 Å². The molecule has 10 rings (SSSR count). The van der Waals surface area contributed by atoms with Gasteiger partial charge in [-0.1, -0.05) is 43.2 Å². The Kier molecular flexibility index (Phi) is 12.3. The predicted molar refractivity (Wildman–Crippen MR) is 261 cm³/mol. The van der Waals surface area contributed by atoms with Crippen molar-refractivity contribution in [2.24, 2.45) is 11.3 Å². The number of nitrogens with one attached hydrogen (secondary N) is 3. The molecule has 4 aliphatic rings. The number of hydrogen-bond donors (Lipinski definition) is 3. The van der Waals surface area contributed by atoms with Crippen molar-refractivity contribution in [1.29, 1.82) is 0 Å². The highest BCUT2D eigenvalue weighted by Gasteiger charge is 2.33. The van der Waals surface area contributed by atoms with E-state index in [1.807, 2.05) is 36.4 Å². The average molecular weight is 948 g/mol. The monoisotopic (exact) mass is 946 g/mol. The molecule has 0 radical (unpaired) electrons. The number of aromatic nitrogens is 4. The summed E-state index contributed by atoms with van der Waals surface area (Å²) in [5, 5.41) is 21.7. The highest BCUT2D eigenvalue weighted by atomic mass is 35.5. The quantitative estimate of drug-likeness (QED) is 0.0753. The van der Waals surface area contributed by atoms with Gasteiger partial charge >= 0.3 is 0 Å². The molecule has 6 heterocycles. The van der Waals surface area contributed by atoms with Gasteiger partial charge in [0.25, 0.3) is 21.6 Å². The van der Waals surface area contributed by atoms with Crippen molar-refractivity contribution in [1.82, 2.24) is 34.3 Å². The zero-order valence-corrected chi connectivity index (χ0v) is 39.3. The van der Waals surface area contributed by atoms with Crippen LogP contribution in [0.3, 0.4) is 0 Å². The minimum Gasteiger partial charge on any atom is -0.380 e. The van der Waals surface area contributed by atoms with E-state index in [0.29, 0.717) is 35.0 Å². The van der Waals surface area contributed by atoms with Gasteiger partial charge in [0.05, 0.1) is 39.4 Å². The summed E-state index contributed by atoms with van der Waals surface area (Å²) in [4.78, 5) is 40.6. The molecule has 6 aromatic rings. The highest BCUT2D eigenvalue weighted by molar-refractivity contribution is 7.90. The van der Waals surface area contributed by atoms with Crippen molar-refractivity contribution < 1.29 is 22.9 Å². The first-order chi connectivity index (χ1) is 32.3. The standard InChI is InChI=1S/C49H55ClN10O6S/c1-49(2)15-11-35(41(26-49)33-3-5-36(50)6-4-33)30-56-18-20-57(21-19-56)37-7-9-40(44(24-37)59-45-23-34-12-16-51-47(34)54-43(45)28-53-59)48(61)55-67(64,65)39-8-10-42(46(25-39)60(62)63)52-27-32-13-17-58(29-32)38-14-22-66-31-38/h3-10,12,16,23-25,28,32,38,52H,11,13-15,17-22,26-27,29-31H2,1-2H3,(H,51,54)(H,55,61). The number of amides is 1. The molecule has 0 saturated carbocycles. The number of benzene rings is 3. The van der Waals surface area contributed by atoms with Gasteiger partial charge in [-0.05, 0) is 116 Å². The van der Waals surface area contributed by atoms with Crippen LogP contribution in [0.5, 0.6) is 0 Å². The molecule has 3 saturated heterocycles. The van der Waals surface area contributed by atoms with Crippen LogP contribution in [0.25, 0.3) is 33.3 Å². The minimum atomic E-state index is -4.58. The third kappa shape index (κ3) is 9.52. The molecule has 1 amide bonds. The van der Waals surface area contributed by atoms with Gasteiger partial charge in [-0.25, -0.2) is 22.8 Å². The van der Waals surface area contributed by atoms with Crippen molar-refractivity contribution in [3.63, 3.8) is 0 Å². The molecule has 0 spiro atoms. The Morgan fingerprint density at radius 2 is 1.84 bits per heavy atom. The molecule has 3 aromatic carbocycles. The fraction of sp³-hybridized carbons (Fsp3) is 0.408.